The molecule has 3 heteroatoms. The van der Waals surface area contributed by atoms with Gasteiger partial charge in [0.15, 0.2) is 17.5 Å². The number of fused-ring (bicyclic) bond motifs is 3. The van der Waals surface area contributed by atoms with Crippen LogP contribution in [-0.4, -0.2) is 15.0 Å². The molecule has 54 heavy (non-hydrogen) atoms. The fraction of sp³-hybridized carbons (Fsp3) is 0. The van der Waals surface area contributed by atoms with Crippen molar-refractivity contribution in [1.29, 1.82) is 0 Å². The molecule has 0 unspecified atom stereocenters. The van der Waals surface area contributed by atoms with Crippen molar-refractivity contribution in [3.63, 3.8) is 0 Å². The quantitative estimate of drug-likeness (QED) is 0.175. The minimum absolute atomic E-state index is 0.631. The van der Waals surface area contributed by atoms with Gasteiger partial charge in [0.1, 0.15) is 0 Å². The third-order valence-corrected chi connectivity index (χ3v) is 10.3. The van der Waals surface area contributed by atoms with Crippen LogP contribution in [0.25, 0.3) is 99.9 Å². The molecule has 0 radical (unpaired) electrons. The van der Waals surface area contributed by atoms with Crippen molar-refractivity contribution < 1.29 is 0 Å². The highest BCUT2D eigenvalue weighted by molar-refractivity contribution is 5.98. The Balaban J connectivity index is 1.14. The summed E-state index contributed by atoms with van der Waals surface area (Å²) < 4.78 is 0. The van der Waals surface area contributed by atoms with E-state index >= 15 is 0 Å². The monoisotopic (exact) mass is 687 g/mol. The molecule has 0 bridgehead atoms. The van der Waals surface area contributed by atoms with Gasteiger partial charge in [0.05, 0.1) is 0 Å². The second-order valence-corrected chi connectivity index (χ2v) is 13.6. The SMILES string of the molecule is c1ccc(-c2cc(-c3ccc4ccccc4c3)ccc2-c2cccc(-c3nc(-c4cccc5ccccc45)nc(-c4cccc5ccccc45)n3)c2)cc1. The second-order valence-electron chi connectivity index (χ2n) is 13.6. The average Bonchev–Trinajstić information content (AvgIpc) is 3.26. The summed E-state index contributed by atoms with van der Waals surface area (Å²) in [5, 5.41) is 6.97. The zero-order valence-corrected chi connectivity index (χ0v) is 29.4. The lowest BCUT2D eigenvalue weighted by atomic mass is 9.90. The molecule has 10 aromatic rings. The van der Waals surface area contributed by atoms with E-state index in [1.807, 2.05) is 0 Å². The first kappa shape index (κ1) is 31.5. The summed E-state index contributed by atoms with van der Waals surface area (Å²) >= 11 is 0. The van der Waals surface area contributed by atoms with Gasteiger partial charge in [0.25, 0.3) is 0 Å². The van der Waals surface area contributed by atoms with Crippen molar-refractivity contribution in [3.8, 4) is 67.5 Å². The third kappa shape index (κ3) is 5.78. The Labute approximate surface area is 313 Å². The molecule has 0 aliphatic carbocycles. The maximum Gasteiger partial charge on any atom is 0.164 e. The van der Waals surface area contributed by atoms with Crippen molar-refractivity contribution in [3.05, 3.63) is 200 Å². The standard InChI is InChI=1S/C51H33N3/c1-2-14-37(15-3-1)48-33-40(39-28-27-34-13-4-5-18-38(34)31-39)29-30-45(48)41-21-10-22-42(32-41)49-52-50(46-25-11-19-35-16-6-8-23-43(35)46)54-51(53-49)47-26-12-20-36-17-7-9-24-44(36)47/h1-33H. The summed E-state index contributed by atoms with van der Waals surface area (Å²) in [6.07, 6.45) is 0. The Bertz CT molecular complexity index is 2890. The molecular formula is C51H33N3. The lowest BCUT2D eigenvalue weighted by Crippen LogP contribution is -2.01. The number of hydrogen-bond donors (Lipinski definition) is 0. The van der Waals surface area contributed by atoms with Gasteiger partial charge in [-0.05, 0) is 83.9 Å². The highest BCUT2D eigenvalue weighted by Gasteiger charge is 2.17. The van der Waals surface area contributed by atoms with Crippen molar-refractivity contribution in [1.82, 2.24) is 15.0 Å². The molecule has 0 N–H and O–H groups in total. The van der Waals surface area contributed by atoms with E-state index in [0.717, 1.165) is 54.9 Å². The van der Waals surface area contributed by atoms with Crippen molar-refractivity contribution >= 4 is 32.3 Å². The van der Waals surface area contributed by atoms with Crippen molar-refractivity contribution in [2.75, 3.05) is 0 Å². The number of rotatable bonds is 6. The molecule has 0 saturated carbocycles. The Hall–Kier alpha value is -7.23. The Morgan fingerprint density at radius 3 is 1.43 bits per heavy atom. The molecule has 0 spiro atoms. The van der Waals surface area contributed by atoms with E-state index in [4.69, 9.17) is 15.0 Å². The minimum Gasteiger partial charge on any atom is -0.208 e. The van der Waals surface area contributed by atoms with E-state index in [0.29, 0.717) is 17.5 Å². The summed E-state index contributed by atoms with van der Waals surface area (Å²) in [7, 11) is 0. The Morgan fingerprint density at radius 1 is 0.222 bits per heavy atom. The predicted molar refractivity (Wildman–Crippen MR) is 225 cm³/mol. The smallest absolute Gasteiger partial charge is 0.164 e. The summed E-state index contributed by atoms with van der Waals surface area (Å²) in [4.78, 5) is 15.6. The molecule has 10 rings (SSSR count). The molecule has 0 amide bonds. The number of aromatic nitrogens is 3. The maximum atomic E-state index is 5.20. The van der Waals surface area contributed by atoms with Crippen LogP contribution in [0, 0.1) is 0 Å². The largest absolute Gasteiger partial charge is 0.208 e. The van der Waals surface area contributed by atoms with Gasteiger partial charge in [-0.25, -0.2) is 15.0 Å². The van der Waals surface area contributed by atoms with E-state index in [9.17, 15) is 0 Å². The number of hydrogen-bond acceptors (Lipinski definition) is 3. The first-order valence-corrected chi connectivity index (χ1v) is 18.3. The predicted octanol–water partition coefficient (Wildman–Crippen LogP) is 13.3. The third-order valence-electron chi connectivity index (χ3n) is 10.3. The van der Waals surface area contributed by atoms with Crippen LogP contribution in [0.5, 0.6) is 0 Å². The van der Waals surface area contributed by atoms with Gasteiger partial charge in [0.2, 0.25) is 0 Å². The van der Waals surface area contributed by atoms with E-state index in [2.05, 4.69) is 200 Å². The average molecular weight is 688 g/mol. The number of nitrogens with zero attached hydrogens (tertiary/aromatic N) is 3. The summed E-state index contributed by atoms with van der Waals surface area (Å²) in [6.45, 7) is 0. The Morgan fingerprint density at radius 2 is 0.722 bits per heavy atom. The van der Waals surface area contributed by atoms with Gasteiger partial charge < -0.3 is 0 Å². The van der Waals surface area contributed by atoms with E-state index in [-0.39, 0.29) is 0 Å². The fourth-order valence-corrected chi connectivity index (χ4v) is 7.61. The van der Waals surface area contributed by atoms with Crippen LogP contribution in [0.1, 0.15) is 0 Å². The molecule has 0 saturated heterocycles. The topological polar surface area (TPSA) is 38.7 Å². The number of benzene rings is 9. The molecule has 3 nitrogen and oxygen atoms in total. The van der Waals surface area contributed by atoms with Gasteiger partial charge in [-0.15, -0.1) is 0 Å². The summed E-state index contributed by atoms with van der Waals surface area (Å²) in [5.74, 6) is 1.93. The molecule has 1 aromatic heterocycles. The van der Waals surface area contributed by atoms with Crippen LogP contribution < -0.4 is 0 Å². The van der Waals surface area contributed by atoms with E-state index in [1.165, 1.54) is 27.5 Å². The van der Waals surface area contributed by atoms with Crippen LogP contribution in [0.15, 0.2) is 200 Å². The molecule has 1 heterocycles. The van der Waals surface area contributed by atoms with Gasteiger partial charge >= 0.3 is 0 Å². The maximum absolute atomic E-state index is 5.20. The molecule has 0 atom stereocenters. The lowest BCUT2D eigenvalue weighted by molar-refractivity contribution is 1.08. The molecule has 9 aromatic carbocycles. The minimum atomic E-state index is 0.631. The zero-order chi connectivity index (χ0) is 35.8. The highest BCUT2D eigenvalue weighted by atomic mass is 15.0. The fourth-order valence-electron chi connectivity index (χ4n) is 7.61. The van der Waals surface area contributed by atoms with E-state index < -0.39 is 0 Å². The molecule has 0 aliphatic rings. The van der Waals surface area contributed by atoms with Gasteiger partial charge in [-0.3, -0.25) is 0 Å². The lowest BCUT2D eigenvalue weighted by Gasteiger charge is -2.15. The highest BCUT2D eigenvalue weighted by Crippen LogP contribution is 2.38. The Kier molecular flexibility index (Phi) is 7.81. The van der Waals surface area contributed by atoms with E-state index in [1.54, 1.807) is 0 Å². The normalized spacial score (nSPS) is 11.3. The van der Waals surface area contributed by atoms with Crippen LogP contribution in [-0.2, 0) is 0 Å². The van der Waals surface area contributed by atoms with Crippen molar-refractivity contribution in [2.45, 2.75) is 0 Å². The first-order chi connectivity index (χ1) is 26.7. The van der Waals surface area contributed by atoms with Crippen LogP contribution in [0.3, 0.4) is 0 Å². The van der Waals surface area contributed by atoms with Crippen LogP contribution in [0.4, 0.5) is 0 Å². The molecular weight excluding hydrogens is 655 g/mol. The molecule has 0 fully saturated rings. The van der Waals surface area contributed by atoms with Gasteiger partial charge in [-0.1, -0.05) is 182 Å². The second kappa shape index (κ2) is 13.4. The summed E-state index contributed by atoms with van der Waals surface area (Å²) in [6, 6.07) is 70.7. The first-order valence-electron chi connectivity index (χ1n) is 18.3. The van der Waals surface area contributed by atoms with Crippen LogP contribution >= 0.6 is 0 Å². The summed E-state index contributed by atoms with van der Waals surface area (Å²) in [5.41, 5.74) is 9.82. The molecule has 0 aliphatic heterocycles. The zero-order valence-electron chi connectivity index (χ0n) is 29.4. The van der Waals surface area contributed by atoms with Crippen LogP contribution in [0.2, 0.25) is 0 Å². The van der Waals surface area contributed by atoms with Gasteiger partial charge in [-0.2, -0.15) is 0 Å². The van der Waals surface area contributed by atoms with Crippen molar-refractivity contribution in [2.24, 2.45) is 0 Å². The van der Waals surface area contributed by atoms with Gasteiger partial charge in [0, 0.05) is 16.7 Å². The molecule has 252 valence electrons.